The maximum absolute atomic E-state index is 9.63. The van der Waals surface area contributed by atoms with Gasteiger partial charge < -0.3 is 20.6 Å². The van der Waals surface area contributed by atoms with Gasteiger partial charge in [0.2, 0.25) is 0 Å². The zero-order valence-electron chi connectivity index (χ0n) is 10.6. The summed E-state index contributed by atoms with van der Waals surface area (Å²) >= 11 is 0. The molecule has 0 bridgehead atoms. The fourth-order valence-electron chi connectivity index (χ4n) is 1.68. The van der Waals surface area contributed by atoms with Crippen LogP contribution in [-0.4, -0.2) is 34.1 Å². The van der Waals surface area contributed by atoms with Crippen LogP contribution in [-0.2, 0) is 6.54 Å². The summed E-state index contributed by atoms with van der Waals surface area (Å²) < 4.78 is 0. The summed E-state index contributed by atoms with van der Waals surface area (Å²) in [5.74, 6) is 0.330. The summed E-state index contributed by atoms with van der Waals surface area (Å²) in [6, 6.07) is 3.81. The van der Waals surface area contributed by atoms with Gasteiger partial charge in [-0.1, -0.05) is 12.1 Å². The van der Waals surface area contributed by atoms with Crippen LogP contribution in [0.15, 0.2) is 12.1 Å². The van der Waals surface area contributed by atoms with E-state index in [1.165, 1.54) is 0 Å². The molecule has 0 radical (unpaired) electrons. The van der Waals surface area contributed by atoms with Gasteiger partial charge in [0.15, 0.2) is 0 Å². The largest absolute Gasteiger partial charge is 0.507 e. The Hall–Kier alpha value is -1.10. The van der Waals surface area contributed by atoms with Gasteiger partial charge in [0.05, 0.1) is 12.2 Å². The van der Waals surface area contributed by atoms with Crippen molar-refractivity contribution in [3.63, 3.8) is 0 Å². The lowest BCUT2D eigenvalue weighted by atomic mass is 10.1. The van der Waals surface area contributed by atoms with E-state index in [1.807, 2.05) is 26.0 Å². The average molecular weight is 239 g/mol. The molecule has 1 aromatic carbocycles. The first-order valence-electron chi connectivity index (χ1n) is 5.69. The van der Waals surface area contributed by atoms with E-state index in [1.54, 1.807) is 6.92 Å². The number of benzene rings is 1. The molecule has 96 valence electrons. The van der Waals surface area contributed by atoms with Crippen LogP contribution in [0.4, 0.5) is 0 Å². The molecule has 0 spiro atoms. The average Bonchev–Trinajstić information content (AvgIpc) is 2.25. The standard InChI is InChI=1S/C13H21NO3/c1-9-4-11(5-10(2)12(9)16)6-14-7-13(3,17)8-15/h4-5,14-17H,6-8H2,1-3H3. The molecule has 0 fully saturated rings. The quantitative estimate of drug-likeness (QED) is 0.614. The van der Waals surface area contributed by atoms with E-state index in [0.717, 1.165) is 16.7 Å². The number of phenolic OH excluding ortho intramolecular Hbond substituents is 1. The Kier molecular flexibility index (Phi) is 4.51. The van der Waals surface area contributed by atoms with Crippen molar-refractivity contribution in [1.82, 2.24) is 5.32 Å². The first-order valence-corrected chi connectivity index (χ1v) is 5.69. The molecule has 0 aliphatic rings. The molecule has 17 heavy (non-hydrogen) atoms. The van der Waals surface area contributed by atoms with E-state index >= 15 is 0 Å². The van der Waals surface area contributed by atoms with E-state index in [0.29, 0.717) is 18.8 Å². The lowest BCUT2D eigenvalue weighted by molar-refractivity contribution is 0.00254. The third-order valence-corrected chi connectivity index (χ3v) is 2.73. The van der Waals surface area contributed by atoms with Crippen LogP contribution in [0.3, 0.4) is 0 Å². The minimum absolute atomic E-state index is 0.270. The number of nitrogens with one attached hydrogen (secondary N) is 1. The van der Waals surface area contributed by atoms with Crippen LogP contribution in [0.25, 0.3) is 0 Å². The second-order valence-electron chi connectivity index (χ2n) is 4.84. The predicted octanol–water partition coefficient (Wildman–Crippen LogP) is 0.842. The lowest BCUT2D eigenvalue weighted by Gasteiger charge is -2.20. The minimum Gasteiger partial charge on any atom is -0.507 e. The Labute approximate surface area is 102 Å². The van der Waals surface area contributed by atoms with Gasteiger partial charge in [-0.3, -0.25) is 0 Å². The molecule has 1 atom stereocenters. The summed E-state index contributed by atoms with van der Waals surface area (Å²) in [7, 11) is 0. The Bertz CT molecular complexity index is 365. The molecule has 4 nitrogen and oxygen atoms in total. The highest BCUT2D eigenvalue weighted by atomic mass is 16.3. The number of hydrogen-bond donors (Lipinski definition) is 4. The van der Waals surface area contributed by atoms with Crippen molar-refractivity contribution < 1.29 is 15.3 Å². The van der Waals surface area contributed by atoms with E-state index in [-0.39, 0.29) is 6.61 Å². The Morgan fingerprint density at radius 2 is 1.76 bits per heavy atom. The molecule has 0 heterocycles. The van der Waals surface area contributed by atoms with E-state index in [2.05, 4.69) is 5.32 Å². The highest BCUT2D eigenvalue weighted by Crippen LogP contribution is 2.22. The number of aryl methyl sites for hydroxylation is 2. The number of aliphatic hydroxyl groups is 2. The first kappa shape index (κ1) is 14.0. The van der Waals surface area contributed by atoms with Gasteiger partial charge in [-0.25, -0.2) is 0 Å². The molecule has 0 aromatic heterocycles. The molecule has 1 rings (SSSR count). The Morgan fingerprint density at radius 3 is 2.24 bits per heavy atom. The van der Waals surface area contributed by atoms with Crippen molar-refractivity contribution in [2.75, 3.05) is 13.2 Å². The number of aliphatic hydroxyl groups excluding tert-OH is 1. The monoisotopic (exact) mass is 239 g/mol. The third-order valence-electron chi connectivity index (χ3n) is 2.73. The molecular weight excluding hydrogens is 218 g/mol. The molecule has 0 amide bonds. The lowest BCUT2D eigenvalue weighted by Crippen LogP contribution is -2.40. The first-order chi connectivity index (χ1) is 7.85. The summed E-state index contributed by atoms with van der Waals surface area (Å²) in [6.45, 7) is 5.94. The summed E-state index contributed by atoms with van der Waals surface area (Å²) in [5, 5.41) is 31.2. The molecule has 0 aliphatic heterocycles. The smallest absolute Gasteiger partial charge is 0.121 e. The zero-order valence-corrected chi connectivity index (χ0v) is 10.6. The van der Waals surface area contributed by atoms with Gasteiger partial charge >= 0.3 is 0 Å². The predicted molar refractivity (Wildman–Crippen MR) is 67.0 cm³/mol. The highest BCUT2D eigenvalue weighted by molar-refractivity contribution is 5.42. The molecule has 4 heteroatoms. The normalized spacial score (nSPS) is 14.6. The number of aromatic hydroxyl groups is 1. The van der Waals surface area contributed by atoms with Crippen LogP contribution < -0.4 is 5.32 Å². The van der Waals surface area contributed by atoms with E-state index < -0.39 is 5.60 Å². The van der Waals surface area contributed by atoms with Crippen molar-refractivity contribution >= 4 is 0 Å². The molecule has 0 aliphatic carbocycles. The number of phenols is 1. The Morgan fingerprint density at radius 1 is 1.24 bits per heavy atom. The van der Waals surface area contributed by atoms with Crippen molar-refractivity contribution in [2.24, 2.45) is 0 Å². The zero-order chi connectivity index (χ0) is 13.1. The molecule has 4 N–H and O–H groups in total. The maximum Gasteiger partial charge on any atom is 0.121 e. The Balaban J connectivity index is 2.59. The second kappa shape index (κ2) is 5.49. The maximum atomic E-state index is 9.63. The minimum atomic E-state index is -1.10. The fourth-order valence-corrected chi connectivity index (χ4v) is 1.68. The van der Waals surface area contributed by atoms with Crippen molar-refractivity contribution in [1.29, 1.82) is 0 Å². The topological polar surface area (TPSA) is 72.7 Å². The summed E-state index contributed by atoms with van der Waals surface area (Å²) in [4.78, 5) is 0. The fraction of sp³-hybridized carbons (Fsp3) is 0.538. The number of hydrogen-bond acceptors (Lipinski definition) is 4. The van der Waals surface area contributed by atoms with Gasteiger partial charge in [0.25, 0.3) is 0 Å². The highest BCUT2D eigenvalue weighted by Gasteiger charge is 2.17. The van der Waals surface area contributed by atoms with Gasteiger partial charge in [-0.05, 0) is 37.5 Å². The van der Waals surface area contributed by atoms with Gasteiger partial charge in [-0.2, -0.15) is 0 Å². The van der Waals surface area contributed by atoms with E-state index in [4.69, 9.17) is 5.11 Å². The van der Waals surface area contributed by atoms with Crippen molar-refractivity contribution in [3.8, 4) is 5.75 Å². The molecule has 1 unspecified atom stereocenters. The van der Waals surface area contributed by atoms with Crippen LogP contribution in [0.1, 0.15) is 23.6 Å². The van der Waals surface area contributed by atoms with E-state index in [9.17, 15) is 10.2 Å². The summed E-state index contributed by atoms with van der Waals surface area (Å²) in [5.41, 5.74) is 1.64. The van der Waals surface area contributed by atoms with Crippen LogP contribution >= 0.6 is 0 Å². The van der Waals surface area contributed by atoms with Crippen LogP contribution in [0.5, 0.6) is 5.75 Å². The summed E-state index contributed by atoms with van der Waals surface area (Å²) in [6.07, 6.45) is 0. The van der Waals surface area contributed by atoms with Gasteiger partial charge in [0, 0.05) is 13.1 Å². The van der Waals surface area contributed by atoms with Crippen molar-refractivity contribution in [2.45, 2.75) is 32.9 Å². The van der Waals surface area contributed by atoms with Crippen LogP contribution in [0.2, 0.25) is 0 Å². The molecular formula is C13H21NO3. The second-order valence-corrected chi connectivity index (χ2v) is 4.84. The SMILES string of the molecule is Cc1cc(CNCC(C)(O)CO)cc(C)c1O. The van der Waals surface area contributed by atoms with Gasteiger partial charge in [-0.15, -0.1) is 0 Å². The van der Waals surface area contributed by atoms with Gasteiger partial charge in [0.1, 0.15) is 5.75 Å². The molecule has 0 saturated carbocycles. The van der Waals surface area contributed by atoms with Crippen LogP contribution in [0, 0.1) is 13.8 Å². The molecule has 1 aromatic rings. The number of rotatable bonds is 5. The molecule has 0 saturated heterocycles. The third kappa shape index (κ3) is 4.00. The van der Waals surface area contributed by atoms with Crippen molar-refractivity contribution in [3.05, 3.63) is 28.8 Å².